The highest BCUT2D eigenvalue weighted by Crippen LogP contribution is 2.30. The molecule has 94 valence electrons. The Morgan fingerprint density at radius 1 is 1.31 bits per heavy atom. The summed E-state index contributed by atoms with van der Waals surface area (Å²) in [4.78, 5) is 11.9. The van der Waals surface area contributed by atoms with Crippen molar-refractivity contribution < 1.29 is 9.90 Å². The molecule has 0 atom stereocenters. The second kappa shape index (κ2) is 5.67. The van der Waals surface area contributed by atoms with Gasteiger partial charge in [-0.3, -0.25) is 4.79 Å². The predicted molar refractivity (Wildman–Crippen MR) is 65.0 cm³/mol. The van der Waals surface area contributed by atoms with Gasteiger partial charge < -0.3 is 10.4 Å². The molecule has 0 radical (unpaired) electrons. The van der Waals surface area contributed by atoms with Gasteiger partial charge in [0.15, 0.2) is 0 Å². The fraction of sp³-hybridized carbons (Fsp3) is 0.923. The summed E-state index contributed by atoms with van der Waals surface area (Å²) < 4.78 is 0. The molecule has 0 aliphatic heterocycles. The highest BCUT2D eigenvalue weighted by molar-refractivity contribution is 5.79. The van der Waals surface area contributed by atoms with E-state index in [4.69, 9.17) is 5.11 Å². The third-order valence-corrected chi connectivity index (χ3v) is 3.65. The molecule has 16 heavy (non-hydrogen) atoms. The van der Waals surface area contributed by atoms with Gasteiger partial charge in [-0.2, -0.15) is 0 Å². The van der Waals surface area contributed by atoms with Crippen LogP contribution in [0, 0.1) is 11.8 Å². The van der Waals surface area contributed by atoms with Crippen molar-refractivity contribution in [3.8, 4) is 0 Å². The quantitative estimate of drug-likeness (QED) is 0.772. The number of hydrogen-bond donors (Lipinski definition) is 2. The minimum Gasteiger partial charge on any atom is -0.394 e. The van der Waals surface area contributed by atoms with Crippen LogP contribution in [0.2, 0.25) is 0 Å². The van der Waals surface area contributed by atoms with Crippen LogP contribution >= 0.6 is 0 Å². The summed E-state index contributed by atoms with van der Waals surface area (Å²) in [5, 5.41) is 12.0. The van der Waals surface area contributed by atoms with Crippen LogP contribution in [0.5, 0.6) is 0 Å². The molecule has 0 aromatic carbocycles. The van der Waals surface area contributed by atoms with Gasteiger partial charge in [0.05, 0.1) is 12.1 Å². The van der Waals surface area contributed by atoms with E-state index in [9.17, 15) is 4.79 Å². The van der Waals surface area contributed by atoms with Crippen molar-refractivity contribution in [2.75, 3.05) is 6.61 Å². The second-order valence-corrected chi connectivity index (χ2v) is 5.66. The summed E-state index contributed by atoms with van der Waals surface area (Å²) in [5.41, 5.74) is -0.487. The van der Waals surface area contributed by atoms with Gasteiger partial charge in [0, 0.05) is 5.92 Å². The largest absolute Gasteiger partial charge is 0.394 e. The lowest BCUT2D eigenvalue weighted by Gasteiger charge is -2.30. The smallest absolute Gasteiger partial charge is 0.223 e. The van der Waals surface area contributed by atoms with Crippen LogP contribution in [0.15, 0.2) is 0 Å². The third kappa shape index (κ3) is 3.78. The first-order chi connectivity index (χ1) is 7.48. The molecule has 0 aromatic rings. The summed E-state index contributed by atoms with van der Waals surface area (Å²) in [6, 6.07) is 0. The first-order valence-corrected chi connectivity index (χ1v) is 6.41. The number of rotatable bonds is 4. The normalized spacial score (nSPS) is 26.5. The molecule has 1 aliphatic rings. The number of hydrogen-bond acceptors (Lipinski definition) is 2. The molecule has 1 fully saturated rings. The van der Waals surface area contributed by atoms with E-state index in [2.05, 4.69) is 12.2 Å². The maximum absolute atomic E-state index is 11.9. The molecule has 0 heterocycles. The fourth-order valence-electron chi connectivity index (χ4n) is 2.31. The molecule has 0 spiro atoms. The molecular formula is C13H25NO2. The van der Waals surface area contributed by atoms with Crippen molar-refractivity contribution in [3.63, 3.8) is 0 Å². The average molecular weight is 227 g/mol. The number of carbonyl (C=O) groups is 1. The highest BCUT2D eigenvalue weighted by Gasteiger charge is 2.28. The van der Waals surface area contributed by atoms with Crippen LogP contribution in [0.25, 0.3) is 0 Å². The molecule has 0 unspecified atom stereocenters. The van der Waals surface area contributed by atoms with Gasteiger partial charge in [-0.15, -0.1) is 0 Å². The van der Waals surface area contributed by atoms with E-state index < -0.39 is 5.54 Å². The van der Waals surface area contributed by atoms with Gasteiger partial charge in [-0.05, 0) is 45.4 Å². The molecule has 1 saturated carbocycles. The molecule has 1 rings (SSSR count). The Morgan fingerprint density at radius 3 is 2.31 bits per heavy atom. The van der Waals surface area contributed by atoms with Gasteiger partial charge in [-0.1, -0.05) is 13.3 Å². The van der Waals surface area contributed by atoms with E-state index in [0.717, 1.165) is 18.8 Å². The fourth-order valence-corrected chi connectivity index (χ4v) is 2.31. The zero-order valence-electron chi connectivity index (χ0n) is 10.8. The Kier molecular flexibility index (Phi) is 4.78. The lowest BCUT2D eigenvalue weighted by Crippen LogP contribution is -2.49. The molecule has 0 aromatic heterocycles. The number of amides is 1. The highest BCUT2D eigenvalue weighted by atomic mass is 16.3. The van der Waals surface area contributed by atoms with Crippen molar-refractivity contribution >= 4 is 5.91 Å². The van der Waals surface area contributed by atoms with E-state index in [1.807, 2.05) is 13.8 Å². The van der Waals surface area contributed by atoms with E-state index in [1.165, 1.54) is 19.3 Å². The molecule has 1 aliphatic carbocycles. The molecular weight excluding hydrogens is 202 g/mol. The summed E-state index contributed by atoms with van der Waals surface area (Å²) in [5.74, 6) is 1.09. The Bertz CT molecular complexity index is 230. The number of carbonyl (C=O) groups excluding carboxylic acids is 1. The number of nitrogens with one attached hydrogen (secondary N) is 1. The molecule has 3 heteroatoms. The van der Waals surface area contributed by atoms with Crippen molar-refractivity contribution in [2.24, 2.45) is 11.8 Å². The van der Waals surface area contributed by atoms with Gasteiger partial charge in [0.25, 0.3) is 0 Å². The van der Waals surface area contributed by atoms with Crippen molar-refractivity contribution in [1.29, 1.82) is 0 Å². The van der Waals surface area contributed by atoms with Crippen LogP contribution in [-0.4, -0.2) is 23.2 Å². The maximum Gasteiger partial charge on any atom is 0.223 e. The zero-order chi connectivity index (χ0) is 12.2. The monoisotopic (exact) mass is 227 g/mol. The van der Waals surface area contributed by atoms with Crippen LogP contribution in [-0.2, 0) is 4.79 Å². The molecule has 3 nitrogen and oxygen atoms in total. The maximum atomic E-state index is 11.9. The van der Waals surface area contributed by atoms with Gasteiger partial charge >= 0.3 is 0 Å². The number of aliphatic hydroxyl groups is 1. The molecule has 0 saturated heterocycles. The summed E-state index contributed by atoms with van der Waals surface area (Å²) in [7, 11) is 0. The van der Waals surface area contributed by atoms with Gasteiger partial charge in [-0.25, -0.2) is 0 Å². The summed E-state index contributed by atoms with van der Waals surface area (Å²) in [6.45, 7) is 5.91. The van der Waals surface area contributed by atoms with Crippen molar-refractivity contribution in [3.05, 3.63) is 0 Å². The lowest BCUT2D eigenvalue weighted by atomic mass is 9.80. The van der Waals surface area contributed by atoms with E-state index >= 15 is 0 Å². The van der Waals surface area contributed by atoms with Crippen LogP contribution in [0.4, 0.5) is 0 Å². The average Bonchev–Trinajstić information content (AvgIpc) is 2.28. The SMILES string of the molecule is CC[C@H]1CC[C@@H](C(=O)NC(C)(C)CO)CC1. The minimum absolute atomic E-state index is 0.0109. The van der Waals surface area contributed by atoms with Crippen LogP contribution < -0.4 is 5.32 Å². The van der Waals surface area contributed by atoms with E-state index in [0.29, 0.717) is 0 Å². The minimum atomic E-state index is -0.487. The third-order valence-electron chi connectivity index (χ3n) is 3.65. The van der Waals surface area contributed by atoms with Crippen LogP contribution in [0.1, 0.15) is 52.9 Å². The molecule has 1 amide bonds. The van der Waals surface area contributed by atoms with Gasteiger partial charge in [0.1, 0.15) is 0 Å². The Morgan fingerprint density at radius 2 is 1.88 bits per heavy atom. The lowest BCUT2D eigenvalue weighted by molar-refractivity contribution is -0.128. The topological polar surface area (TPSA) is 49.3 Å². The zero-order valence-corrected chi connectivity index (χ0v) is 10.8. The molecule has 0 bridgehead atoms. The van der Waals surface area contributed by atoms with Crippen molar-refractivity contribution in [2.45, 2.75) is 58.4 Å². The first-order valence-electron chi connectivity index (χ1n) is 6.41. The van der Waals surface area contributed by atoms with Crippen molar-refractivity contribution in [1.82, 2.24) is 5.32 Å². The van der Waals surface area contributed by atoms with Gasteiger partial charge in [0.2, 0.25) is 5.91 Å². The first kappa shape index (κ1) is 13.5. The number of aliphatic hydroxyl groups excluding tert-OH is 1. The summed E-state index contributed by atoms with van der Waals surface area (Å²) >= 11 is 0. The Balaban J connectivity index is 2.39. The molecule has 2 N–H and O–H groups in total. The Hall–Kier alpha value is -0.570. The second-order valence-electron chi connectivity index (χ2n) is 5.66. The Labute approximate surface area is 98.6 Å². The van der Waals surface area contributed by atoms with E-state index in [-0.39, 0.29) is 18.4 Å². The van der Waals surface area contributed by atoms with Crippen LogP contribution in [0.3, 0.4) is 0 Å². The summed E-state index contributed by atoms with van der Waals surface area (Å²) in [6.07, 6.45) is 5.59. The predicted octanol–water partition coefficient (Wildman–Crippen LogP) is 2.09. The standard InChI is InChI=1S/C13H25NO2/c1-4-10-5-7-11(8-6-10)12(16)14-13(2,3)9-15/h10-11,15H,4-9H2,1-3H3,(H,14,16)/t10-,11+. The van der Waals surface area contributed by atoms with E-state index in [1.54, 1.807) is 0 Å².